The van der Waals surface area contributed by atoms with Crippen molar-refractivity contribution in [2.45, 2.75) is 31.7 Å². The molecular formula is C18H16Br2F3NO6. The van der Waals surface area contributed by atoms with E-state index in [1.165, 1.54) is 0 Å². The number of hydrogen-bond acceptors (Lipinski definition) is 6. The number of carbonyl (C=O) groups excluding carboxylic acids is 2. The van der Waals surface area contributed by atoms with Gasteiger partial charge in [-0.3, -0.25) is 4.79 Å². The molecule has 2 heterocycles. The Bertz CT molecular complexity index is 873. The van der Waals surface area contributed by atoms with Crippen molar-refractivity contribution in [3.05, 3.63) is 32.4 Å². The average Bonchev–Trinajstić information content (AvgIpc) is 2.85. The zero-order chi connectivity index (χ0) is 22.1. The van der Waals surface area contributed by atoms with Crippen LogP contribution in [0.5, 0.6) is 5.75 Å². The number of rotatable bonds is 4. The van der Waals surface area contributed by atoms with Crippen molar-refractivity contribution >= 4 is 49.5 Å². The summed E-state index contributed by atoms with van der Waals surface area (Å²) in [7, 11) is 0. The maximum atomic E-state index is 12.9. The van der Waals surface area contributed by atoms with Gasteiger partial charge >= 0.3 is 12.5 Å². The summed E-state index contributed by atoms with van der Waals surface area (Å²) in [6, 6.07) is 2.15. The highest BCUT2D eigenvalue weighted by Crippen LogP contribution is 2.45. The molecule has 3 rings (SSSR count). The molecule has 0 aromatic heterocycles. The van der Waals surface area contributed by atoms with Gasteiger partial charge in [-0.25, -0.2) is 4.79 Å². The summed E-state index contributed by atoms with van der Waals surface area (Å²) in [4.78, 5) is 25.0. The SMILES string of the molecule is CCOC(=O)OC1=C(c2c(Br)cc(OC(F)(F)F)cc2Br)C(=O)NC12CCOCC2. The molecule has 1 amide bonds. The van der Waals surface area contributed by atoms with Crippen LogP contribution >= 0.6 is 31.9 Å². The lowest BCUT2D eigenvalue weighted by atomic mass is 9.88. The molecule has 1 saturated heterocycles. The van der Waals surface area contributed by atoms with E-state index in [0.29, 0.717) is 26.1 Å². The van der Waals surface area contributed by atoms with Crippen molar-refractivity contribution in [3.63, 3.8) is 0 Å². The van der Waals surface area contributed by atoms with Crippen molar-refractivity contribution in [3.8, 4) is 5.75 Å². The summed E-state index contributed by atoms with van der Waals surface area (Å²) in [5.41, 5.74) is -0.774. The lowest BCUT2D eigenvalue weighted by Crippen LogP contribution is -2.49. The van der Waals surface area contributed by atoms with Crippen LogP contribution in [0.4, 0.5) is 18.0 Å². The van der Waals surface area contributed by atoms with Crippen molar-refractivity contribution < 1.29 is 41.7 Å². The van der Waals surface area contributed by atoms with Crippen LogP contribution in [0.15, 0.2) is 26.8 Å². The van der Waals surface area contributed by atoms with Gasteiger partial charge in [-0.2, -0.15) is 0 Å². The Morgan fingerprint density at radius 2 is 1.83 bits per heavy atom. The van der Waals surface area contributed by atoms with Gasteiger partial charge in [-0.05, 0) is 50.9 Å². The zero-order valence-electron chi connectivity index (χ0n) is 15.5. The molecule has 0 bridgehead atoms. The lowest BCUT2D eigenvalue weighted by Gasteiger charge is -2.34. The second-order valence-electron chi connectivity index (χ2n) is 6.45. The Labute approximate surface area is 186 Å². The fourth-order valence-electron chi connectivity index (χ4n) is 3.34. The van der Waals surface area contributed by atoms with E-state index >= 15 is 0 Å². The number of ether oxygens (including phenoxy) is 4. The largest absolute Gasteiger partial charge is 0.573 e. The second-order valence-corrected chi connectivity index (χ2v) is 8.16. The first-order valence-electron chi connectivity index (χ1n) is 8.81. The van der Waals surface area contributed by atoms with Gasteiger partial charge in [0, 0.05) is 40.6 Å². The third-order valence-electron chi connectivity index (χ3n) is 4.53. The Balaban J connectivity index is 2.12. The van der Waals surface area contributed by atoms with Gasteiger partial charge in [-0.15, -0.1) is 13.2 Å². The third-order valence-corrected chi connectivity index (χ3v) is 5.79. The number of alkyl halides is 3. The first-order chi connectivity index (χ1) is 14.1. The maximum absolute atomic E-state index is 12.9. The molecule has 7 nitrogen and oxygen atoms in total. The van der Waals surface area contributed by atoms with Crippen molar-refractivity contribution in [2.24, 2.45) is 0 Å². The number of carbonyl (C=O) groups is 2. The summed E-state index contributed by atoms with van der Waals surface area (Å²) in [5.74, 6) is -0.986. The molecule has 0 atom stereocenters. The third kappa shape index (κ3) is 4.75. The first kappa shape index (κ1) is 22.9. The average molecular weight is 559 g/mol. The Morgan fingerprint density at radius 1 is 1.23 bits per heavy atom. The van der Waals surface area contributed by atoms with Crippen LogP contribution < -0.4 is 10.1 Å². The maximum Gasteiger partial charge on any atom is 0.573 e. The monoisotopic (exact) mass is 557 g/mol. The number of benzene rings is 1. The fourth-order valence-corrected chi connectivity index (χ4v) is 4.88. The van der Waals surface area contributed by atoms with E-state index in [1.807, 2.05) is 0 Å². The van der Waals surface area contributed by atoms with Gasteiger partial charge in [0.25, 0.3) is 5.91 Å². The summed E-state index contributed by atoms with van der Waals surface area (Å²) >= 11 is 6.38. The highest BCUT2D eigenvalue weighted by Gasteiger charge is 2.50. The van der Waals surface area contributed by atoms with Crippen LogP contribution in [-0.4, -0.2) is 43.8 Å². The van der Waals surface area contributed by atoms with Crippen LogP contribution in [0, 0.1) is 0 Å². The van der Waals surface area contributed by atoms with E-state index in [4.69, 9.17) is 14.2 Å². The molecular weight excluding hydrogens is 543 g/mol. The van der Waals surface area contributed by atoms with Crippen LogP contribution in [0.3, 0.4) is 0 Å². The molecule has 0 radical (unpaired) electrons. The highest BCUT2D eigenvalue weighted by molar-refractivity contribution is 9.11. The Hall–Kier alpha value is -1.79. The van der Waals surface area contributed by atoms with Crippen LogP contribution in [0.1, 0.15) is 25.3 Å². The summed E-state index contributed by atoms with van der Waals surface area (Å²) < 4.78 is 57.6. The number of hydrogen-bond donors (Lipinski definition) is 1. The molecule has 0 aliphatic carbocycles. The molecule has 0 unspecified atom stereocenters. The van der Waals surface area contributed by atoms with Crippen LogP contribution in [0.25, 0.3) is 5.57 Å². The topological polar surface area (TPSA) is 83.1 Å². The summed E-state index contributed by atoms with van der Waals surface area (Å²) in [6.07, 6.45) is -5.17. The van der Waals surface area contributed by atoms with Crippen molar-refractivity contribution in [1.82, 2.24) is 5.32 Å². The number of amides is 1. The van der Waals surface area contributed by atoms with E-state index in [2.05, 4.69) is 41.9 Å². The van der Waals surface area contributed by atoms with Gasteiger partial charge in [0.15, 0.2) is 5.76 Å². The molecule has 1 spiro atoms. The molecule has 164 valence electrons. The second kappa shape index (κ2) is 8.75. The van der Waals surface area contributed by atoms with E-state index in [0.717, 1.165) is 12.1 Å². The molecule has 2 aliphatic heterocycles. The van der Waals surface area contributed by atoms with E-state index < -0.39 is 29.7 Å². The molecule has 0 saturated carbocycles. The van der Waals surface area contributed by atoms with Gasteiger partial charge in [0.05, 0.1) is 12.2 Å². The zero-order valence-corrected chi connectivity index (χ0v) is 18.7. The first-order valence-corrected chi connectivity index (χ1v) is 10.4. The molecule has 1 aromatic rings. The number of nitrogens with one attached hydrogen (secondary N) is 1. The minimum Gasteiger partial charge on any atom is -0.434 e. The lowest BCUT2D eigenvalue weighted by molar-refractivity contribution is -0.274. The van der Waals surface area contributed by atoms with Crippen molar-refractivity contribution in [1.29, 1.82) is 0 Å². The van der Waals surface area contributed by atoms with Crippen LogP contribution in [-0.2, 0) is 19.0 Å². The normalized spacial score (nSPS) is 18.4. The van der Waals surface area contributed by atoms with E-state index in [-0.39, 0.29) is 32.4 Å². The highest BCUT2D eigenvalue weighted by atomic mass is 79.9. The molecule has 1 N–H and O–H groups in total. The van der Waals surface area contributed by atoms with Crippen molar-refractivity contribution in [2.75, 3.05) is 19.8 Å². The standard InChI is InChI=1S/C18H16Br2F3NO6/c1-2-28-16(26)29-14-13(15(25)24-17(14)3-5-27-6-4-17)12-10(19)7-9(8-11(12)20)30-18(21,22)23/h7-8H,2-6H2,1H3,(H,24,25). The summed E-state index contributed by atoms with van der Waals surface area (Å²) in [5, 5.41) is 2.84. The molecule has 1 fully saturated rings. The number of halogens is 5. The smallest absolute Gasteiger partial charge is 0.434 e. The minimum absolute atomic E-state index is 0.00209. The molecule has 1 aromatic carbocycles. The predicted octanol–water partition coefficient (Wildman–Crippen LogP) is 4.67. The predicted molar refractivity (Wildman–Crippen MR) is 104 cm³/mol. The molecule has 30 heavy (non-hydrogen) atoms. The summed E-state index contributed by atoms with van der Waals surface area (Å²) in [6.45, 7) is 2.31. The molecule has 12 heteroatoms. The van der Waals surface area contributed by atoms with E-state index in [9.17, 15) is 22.8 Å². The fraction of sp³-hybridized carbons (Fsp3) is 0.444. The van der Waals surface area contributed by atoms with Gasteiger partial charge in [0.1, 0.15) is 11.3 Å². The molecule has 2 aliphatic rings. The van der Waals surface area contributed by atoms with Crippen LogP contribution in [0.2, 0.25) is 0 Å². The minimum atomic E-state index is -4.88. The van der Waals surface area contributed by atoms with Gasteiger partial charge in [-0.1, -0.05) is 0 Å². The van der Waals surface area contributed by atoms with E-state index in [1.54, 1.807) is 6.92 Å². The van der Waals surface area contributed by atoms with Gasteiger partial charge in [0.2, 0.25) is 0 Å². The Morgan fingerprint density at radius 3 is 2.37 bits per heavy atom. The Kier molecular flexibility index (Phi) is 6.68. The quantitative estimate of drug-likeness (QED) is 0.541. The van der Waals surface area contributed by atoms with Gasteiger partial charge < -0.3 is 24.3 Å².